The molecule has 0 fully saturated rings. The summed E-state index contributed by atoms with van der Waals surface area (Å²) in [6.45, 7) is 4.18. The van der Waals surface area contributed by atoms with Crippen LogP contribution >= 0.6 is 0 Å². The highest BCUT2D eigenvalue weighted by Crippen LogP contribution is 2.32. The standard InChI is InChI=1S/C27H27F4N3O4/c1-16(2)23(32-19-9-6-17(7-10-19)24(35)4-3-5-26(36)37)15-38-25-13-12-22(33-34-25)20-11-8-18(14-21(20)28)27(29,30)31/h6-14,16,23,32H,3-5,15H2,1-2H3,(H,36,37)/t23-/m1/s1. The zero-order valence-electron chi connectivity index (χ0n) is 20.8. The Bertz CT molecular complexity index is 1250. The van der Waals surface area contributed by atoms with Gasteiger partial charge in [0.15, 0.2) is 5.78 Å². The quantitative estimate of drug-likeness (QED) is 0.209. The van der Waals surface area contributed by atoms with E-state index in [4.69, 9.17) is 9.84 Å². The van der Waals surface area contributed by atoms with Gasteiger partial charge < -0.3 is 15.2 Å². The van der Waals surface area contributed by atoms with E-state index in [0.717, 1.165) is 17.8 Å². The number of benzene rings is 2. The summed E-state index contributed by atoms with van der Waals surface area (Å²) in [6.07, 6.45) is -4.26. The predicted molar refractivity (Wildman–Crippen MR) is 132 cm³/mol. The number of alkyl halides is 3. The van der Waals surface area contributed by atoms with Gasteiger partial charge in [0.1, 0.15) is 12.4 Å². The van der Waals surface area contributed by atoms with E-state index < -0.39 is 23.5 Å². The Morgan fingerprint density at radius 2 is 1.71 bits per heavy atom. The van der Waals surface area contributed by atoms with Crippen molar-refractivity contribution in [1.29, 1.82) is 0 Å². The molecule has 7 nitrogen and oxygen atoms in total. The number of Topliss-reactive ketones (excluding diaryl/α,β-unsaturated/α-hetero) is 1. The van der Waals surface area contributed by atoms with Crippen LogP contribution in [0.3, 0.4) is 0 Å². The average molecular weight is 534 g/mol. The van der Waals surface area contributed by atoms with E-state index >= 15 is 0 Å². The van der Waals surface area contributed by atoms with Crippen molar-refractivity contribution in [3.05, 3.63) is 71.5 Å². The highest BCUT2D eigenvalue weighted by atomic mass is 19.4. The fourth-order valence-electron chi connectivity index (χ4n) is 3.53. The molecule has 0 bridgehead atoms. The van der Waals surface area contributed by atoms with E-state index in [0.29, 0.717) is 11.6 Å². The predicted octanol–water partition coefficient (Wildman–Crippen LogP) is 6.25. The molecule has 0 saturated carbocycles. The number of anilines is 1. The zero-order chi connectivity index (χ0) is 27.9. The number of carbonyl (C=O) groups is 2. The van der Waals surface area contributed by atoms with Gasteiger partial charge in [-0.25, -0.2) is 4.39 Å². The number of rotatable bonds is 12. The highest BCUT2D eigenvalue weighted by Gasteiger charge is 2.31. The van der Waals surface area contributed by atoms with Gasteiger partial charge in [-0.05, 0) is 60.9 Å². The molecule has 3 rings (SSSR count). The van der Waals surface area contributed by atoms with Crippen molar-refractivity contribution in [1.82, 2.24) is 10.2 Å². The van der Waals surface area contributed by atoms with Gasteiger partial charge in [0, 0.05) is 35.7 Å². The molecule has 0 aliphatic carbocycles. The molecule has 1 atom stereocenters. The van der Waals surface area contributed by atoms with E-state index in [1.54, 1.807) is 24.3 Å². The largest absolute Gasteiger partial charge is 0.481 e. The number of hydrogen-bond acceptors (Lipinski definition) is 6. The van der Waals surface area contributed by atoms with Crippen molar-refractivity contribution in [3.63, 3.8) is 0 Å². The maximum atomic E-state index is 14.2. The van der Waals surface area contributed by atoms with Crippen molar-refractivity contribution in [2.24, 2.45) is 5.92 Å². The van der Waals surface area contributed by atoms with Crippen LogP contribution in [-0.4, -0.2) is 39.7 Å². The van der Waals surface area contributed by atoms with E-state index in [1.807, 2.05) is 13.8 Å². The van der Waals surface area contributed by atoms with Gasteiger partial charge in [0.25, 0.3) is 0 Å². The third-order valence-electron chi connectivity index (χ3n) is 5.78. The zero-order valence-corrected chi connectivity index (χ0v) is 20.8. The van der Waals surface area contributed by atoms with E-state index in [9.17, 15) is 27.2 Å². The molecule has 1 heterocycles. The number of aliphatic carboxylic acids is 1. The summed E-state index contributed by atoms with van der Waals surface area (Å²) in [5.74, 6) is -1.81. The number of carboxylic acids is 1. The fraction of sp³-hybridized carbons (Fsp3) is 0.333. The van der Waals surface area contributed by atoms with Gasteiger partial charge in [0.05, 0.1) is 17.3 Å². The molecular weight excluding hydrogens is 506 g/mol. The third-order valence-corrected chi connectivity index (χ3v) is 5.78. The minimum atomic E-state index is -4.65. The highest BCUT2D eigenvalue weighted by molar-refractivity contribution is 5.96. The summed E-state index contributed by atoms with van der Waals surface area (Å²) in [7, 11) is 0. The van der Waals surface area contributed by atoms with Crippen molar-refractivity contribution in [3.8, 4) is 17.1 Å². The summed E-state index contributed by atoms with van der Waals surface area (Å²) in [5.41, 5.74) is 0.130. The first-order valence-corrected chi connectivity index (χ1v) is 11.9. The molecule has 3 aromatic rings. The first kappa shape index (κ1) is 28.5. The molecule has 2 aromatic carbocycles. The fourth-order valence-corrected chi connectivity index (χ4v) is 3.53. The molecule has 2 N–H and O–H groups in total. The third kappa shape index (κ3) is 7.99. The molecule has 1 aromatic heterocycles. The number of hydrogen-bond donors (Lipinski definition) is 2. The first-order chi connectivity index (χ1) is 17.9. The van der Waals surface area contributed by atoms with Crippen LogP contribution in [0.1, 0.15) is 49.0 Å². The normalized spacial score (nSPS) is 12.3. The monoisotopic (exact) mass is 533 g/mol. The number of aromatic nitrogens is 2. The number of ketones is 1. The number of halogens is 4. The second-order valence-electron chi connectivity index (χ2n) is 9.00. The molecule has 0 radical (unpaired) electrons. The molecule has 0 saturated heterocycles. The molecule has 0 unspecified atom stereocenters. The molecule has 0 spiro atoms. The molecule has 0 aliphatic heterocycles. The van der Waals surface area contributed by atoms with E-state index in [-0.39, 0.29) is 60.7 Å². The molecule has 38 heavy (non-hydrogen) atoms. The molecule has 11 heteroatoms. The maximum absolute atomic E-state index is 14.2. The van der Waals surface area contributed by atoms with Gasteiger partial charge in [-0.2, -0.15) is 13.2 Å². The molecule has 0 aliphatic rings. The van der Waals surface area contributed by atoms with Gasteiger partial charge in [0.2, 0.25) is 5.88 Å². The number of nitrogens with zero attached hydrogens (tertiary/aromatic N) is 2. The Labute approximate surface area is 216 Å². The van der Waals surface area contributed by atoms with Crippen molar-refractivity contribution < 1.29 is 37.0 Å². The average Bonchev–Trinajstić information content (AvgIpc) is 2.86. The maximum Gasteiger partial charge on any atom is 0.416 e. The summed E-state index contributed by atoms with van der Waals surface area (Å²) < 4.78 is 58.3. The van der Waals surface area contributed by atoms with E-state index in [2.05, 4.69) is 15.5 Å². The molecule has 202 valence electrons. The number of carboxylic acid groups (broad SMARTS) is 1. The second-order valence-corrected chi connectivity index (χ2v) is 9.00. The molecule has 0 amide bonds. The Hall–Kier alpha value is -4.02. The lowest BCUT2D eigenvalue weighted by atomic mass is 10.0. The minimum Gasteiger partial charge on any atom is -0.481 e. The summed E-state index contributed by atoms with van der Waals surface area (Å²) >= 11 is 0. The van der Waals surface area contributed by atoms with Crippen LogP contribution in [-0.2, 0) is 11.0 Å². The van der Waals surface area contributed by atoms with Gasteiger partial charge in [-0.1, -0.05) is 13.8 Å². The van der Waals surface area contributed by atoms with Crippen LogP contribution < -0.4 is 10.1 Å². The van der Waals surface area contributed by atoms with E-state index in [1.165, 1.54) is 12.1 Å². The lowest BCUT2D eigenvalue weighted by Crippen LogP contribution is -2.32. The topological polar surface area (TPSA) is 101 Å². The summed E-state index contributed by atoms with van der Waals surface area (Å²) in [4.78, 5) is 22.8. The second kappa shape index (κ2) is 12.5. The summed E-state index contributed by atoms with van der Waals surface area (Å²) in [5, 5.41) is 19.8. The van der Waals surface area contributed by atoms with Crippen LogP contribution in [0.2, 0.25) is 0 Å². The Morgan fingerprint density at radius 3 is 2.26 bits per heavy atom. The van der Waals surface area contributed by atoms with Crippen LogP contribution in [0.15, 0.2) is 54.6 Å². The number of nitrogens with one attached hydrogen (secondary N) is 1. The Morgan fingerprint density at radius 1 is 1.00 bits per heavy atom. The Kier molecular flexibility index (Phi) is 9.38. The van der Waals surface area contributed by atoms with Crippen molar-refractivity contribution in [2.45, 2.75) is 45.3 Å². The lowest BCUT2D eigenvalue weighted by molar-refractivity contribution is -0.138. The van der Waals surface area contributed by atoms with Crippen LogP contribution in [0, 0.1) is 11.7 Å². The Balaban J connectivity index is 1.58. The minimum absolute atomic E-state index is 0.0551. The van der Waals surface area contributed by atoms with Crippen molar-refractivity contribution in [2.75, 3.05) is 11.9 Å². The van der Waals surface area contributed by atoms with Gasteiger partial charge in [-0.15, -0.1) is 10.2 Å². The first-order valence-electron chi connectivity index (χ1n) is 11.9. The number of carbonyl (C=O) groups excluding carboxylic acids is 1. The SMILES string of the molecule is CC(C)[C@@H](COc1ccc(-c2ccc(C(F)(F)F)cc2F)nn1)Nc1ccc(C(=O)CCCC(=O)O)cc1. The van der Waals surface area contributed by atoms with Crippen LogP contribution in [0.25, 0.3) is 11.3 Å². The van der Waals surface area contributed by atoms with Gasteiger partial charge >= 0.3 is 12.1 Å². The van der Waals surface area contributed by atoms with Crippen LogP contribution in [0.4, 0.5) is 23.2 Å². The number of ether oxygens (including phenoxy) is 1. The summed E-state index contributed by atoms with van der Waals surface area (Å²) in [6, 6.07) is 11.8. The lowest BCUT2D eigenvalue weighted by Gasteiger charge is -2.23. The molecular formula is C27H27F4N3O4. The smallest absolute Gasteiger partial charge is 0.416 e. The van der Waals surface area contributed by atoms with Gasteiger partial charge in [-0.3, -0.25) is 9.59 Å². The van der Waals surface area contributed by atoms with Crippen molar-refractivity contribution >= 4 is 17.4 Å². The van der Waals surface area contributed by atoms with Crippen LogP contribution in [0.5, 0.6) is 5.88 Å².